The van der Waals surface area contributed by atoms with Gasteiger partial charge in [-0.1, -0.05) is 0 Å². The highest BCUT2D eigenvalue weighted by Crippen LogP contribution is 2.32. The number of carbonyl (C=O) groups is 1. The zero-order valence-electron chi connectivity index (χ0n) is 11.7. The van der Waals surface area contributed by atoms with Gasteiger partial charge in [0.1, 0.15) is 0 Å². The third kappa shape index (κ3) is 4.63. The van der Waals surface area contributed by atoms with Crippen molar-refractivity contribution in [1.29, 1.82) is 0 Å². The van der Waals surface area contributed by atoms with Gasteiger partial charge in [-0.05, 0) is 44.0 Å². The molecule has 3 N–H and O–H groups in total. The van der Waals surface area contributed by atoms with E-state index in [0.717, 1.165) is 0 Å². The van der Waals surface area contributed by atoms with Crippen LogP contribution in [0.3, 0.4) is 0 Å². The van der Waals surface area contributed by atoms with Gasteiger partial charge in [0.2, 0.25) is 5.91 Å². The molecular formula is C14H18F3N3O. The molecule has 4 nitrogen and oxygen atoms in total. The third-order valence-electron chi connectivity index (χ3n) is 3.43. The zero-order valence-corrected chi connectivity index (χ0v) is 11.7. The average Bonchev–Trinajstić information content (AvgIpc) is 3.21. The van der Waals surface area contributed by atoms with Gasteiger partial charge in [-0.2, -0.15) is 13.2 Å². The fraction of sp³-hybridized carbons (Fsp3) is 0.500. The van der Waals surface area contributed by atoms with Gasteiger partial charge in [-0.15, -0.1) is 0 Å². The Hall–Kier alpha value is -1.76. The molecule has 1 amide bonds. The number of benzene rings is 1. The zero-order chi connectivity index (χ0) is 15.6. The quantitative estimate of drug-likeness (QED) is 0.822. The summed E-state index contributed by atoms with van der Waals surface area (Å²) in [7, 11) is 0. The summed E-state index contributed by atoms with van der Waals surface area (Å²) in [4.78, 5) is 13.3. The standard InChI is InChI=1S/C14H18F3N3O/c1-9(20(12-6-7-12)8-14(15,16)17)13(21)19-11-4-2-10(18)3-5-11/h2-5,9,12H,6-8,18H2,1H3,(H,19,21). The molecule has 1 atom stereocenters. The van der Waals surface area contributed by atoms with Crippen LogP contribution in [0.4, 0.5) is 24.5 Å². The van der Waals surface area contributed by atoms with Crippen LogP contribution in [0.25, 0.3) is 0 Å². The lowest BCUT2D eigenvalue weighted by Crippen LogP contribution is -2.47. The third-order valence-corrected chi connectivity index (χ3v) is 3.43. The smallest absolute Gasteiger partial charge is 0.399 e. The van der Waals surface area contributed by atoms with Crippen LogP contribution < -0.4 is 11.1 Å². The highest BCUT2D eigenvalue weighted by atomic mass is 19.4. The van der Waals surface area contributed by atoms with Gasteiger partial charge in [-0.3, -0.25) is 9.69 Å². The van der Waals surface area contributed by atoms with Crippen molar-refractivity contribution in [2.45, 2.75) is 38.0 Å². The maximum absolute atomic E-state index is 12.6. The summed E-state index contributed by atoms with van der Waals surface area (Å²) in [5.74, 6) is -0.448. The van der Waals surface area contributed by atoms with E-state index in [9.17, 15) is 18.0 Å². The minimum Gasteiger partial charge on any atom is -0.399 e. The van der Waals surface area contributed by atoms with E-state index in [1.807, 2.05) is 0 Å². The van der Waals surface area contributed by atoms with Crippen LogP contribution in [0.2, 0.25) is 0 Å². The highest BCUT2D eigenvalue weighted by Gasteiger charge is 2.41. The van der Waals surface area contributed by atoms with Gasteiger partial charge in [0, 0.05) is 17.4 Å². The molecule has 0 bridgehead atoms. The predicted molar refractivity (Wildman–Crippen MR) is 74.7 cm³/mol. The largest absolute Gasteiger partial charge is 0.401 e. The summed E-state index contributed by atoms with van der Waals surface area (Å²) in [5.41, 5.74) is 6.61. The van der Waals surface area contributed by atoms with Crippen molar-refractivity contribution < 1.29 is 18.0 Å². The number of rotatable bonds is 5. The minimum atomic E-state index is -4.31. The first-order valence-electron chi connectivity index (χ1n) is 6.75. The summed E-state index contributed by atoms with van der Waals surface area (Å²) >= 11 is 0. The number of nitrogens with zero attached hydrogens (tertiary/aromatic N) is 1. The number of halogens is 3. The van der Waals surface area contributed by atoms with Crippen LogP contribution in [-0.4, -0.2) is 35.6 Å². The molecule has 1 aliphatic carbocycles. The summed E-state index contributed by atoms with van der Waals surface area (Å²) in [5, 5.41) is 2.61. The van der Waals surface area contributed by atoms with Crippen LogP contribution in [-0.2, 0) is 4.79 Å². The number of alkyl halides is 3. The first kappa shape index (κ1) is 15.6. The molecule has 0 aliphatic heterocycles. The van der Waals surface area contributed by atoms with Crippen molar-refractivity contribution in [1.82, 2.24) is 4.90 Å². The second kappa shape index (κ2) is 5.93. The fourth-order valence-electron chi connectivity index (χ4n) is 2.16. The SMILES string of the molecule is CC(C(=O)Nc1ccc(N)cc1)N(CC(F)(F)F)C1CC1. The Morgan fingerprint density at radius 1 is 1.38 bits per heavy atom. The summed E-state index contributed by atoms with van der Waals surface area (Å²) in [6.45, 7) is 0.435. The van der Waals surface area contributed by atoms with E-state index in [2.05, 4.69) is 5.32 Å². The van der Waals surface area contributed by atoms with Crippen LogP contribution in [0.15, 0.2) is 24.3 Å². The van der Waals surface area contributed by atoms with Gasteiger partial charge in [0.25, 0.3) is 0 Å². The summed E-state index contributed by atoms with van der Waals surface area (Å²) in [6.07, 6.45) is -2.90. The van der Waals surface area contributed by atoms with Crippen molar-refractivity contribution in [3.05, 3.63) is 24.3 Å². The Labute approximate surface area is 121 Å². The number of nitrogen functional groups attached to an aromatic ring is 1. The number of carbonyl (C=O) groups excluding carboxylic acids is 1. The molecular weight excluding hydrogens is 283 g/mol. The van der Waals surface area contributed by atoms with Gasteiger partial charge < -0.3 is 11.1 Å². The minimum absolute atomic E-state index is 0.154. The first-order chi connectivity index (χ1) is 9.76. The predicted octanol–water partition coefficient (Wildman–Crippen LogP) is 2.62. The molecule has 0 spiro atoms. The maximum Gasteiger partial charge on any atom is 0.401 e. The lowest BCUT2D eigenvalue weighted by atomic mass is 10.2. The Kier molecular flexibility index (Phi) is 4.41. The van der Waals surface area contributed by atoms with Crippen LogP contribution in [0, 0.1) is 0 Å². The molecule has 2 rings (SSSR count). The first-order valence-corrected chi connectivity index (χ1v) is 6.75. The van der Waals surface area contributed by atoms with E-state index in [-0.39, 0.29) is 6.04 Å². The molecule has 0 saturated heterocycles. The van der Waals surface area contributed by atoms with Crippen molar-refractivity contribution in [3.8, 4) is 0 Å². The van der Waals surface area contributed by atoms with Crippen LogP contribution in [0.5, 0.6) is 0 Å². The molecule has 1 unspecified atom stereocenters. The van der Waals surface area contributed by atoms with E-state index in [1.54, 1.807) is 24.3 Å². The number of amides is 1. The molecule has 1 aromatic rings. The number of anilines is 2. The van der Waals surface area contributed by atoms with Gasteiger partial charge in [-0.25, -0.2) is 0 Å². The van der Waals surface area contributed by atoms with E-state index in [4.69, 9.17) is 5.73 Å². The number of hydrogen-bond donors (Lipinski definition) is 2. The molecule has 1 saturated carbocycles. The number of nitrogens with two attached hydrogens (primary N) is 1. The van der Waals surface area contributed by atoms with E-state index >= 15 is 0 Å². The fourth-order valence-corrected chi connectivity index (χ4v) is 2.16. The van der Waals surface area contributed by atoms with Gasteiger partial charge in [0.15, 0.2) is 0 Å². The Bertz CT molecular complexity index is 497. The monoisotopic (exact) mass is 301 g/mol. The molecule has 1 aliphatic rings. The van der Waals surface area contributed by atoms with Crippen LogP contribution >= 0.6 is 0 Å². The van der Waals surface area contributed by atoms with E-state index in [0.29, 0.717) is 24.2 Å². The highest BCUT2D eigenvalue weighted by molar-refractivity contribution is 5.94. The Balaban J connectivity index is 2.00. The Morgan fingerprint density at radius 3 is 2.43 bits per heavy atom. The number of hydrogen-bond acceptors (Lipinski definition) is 3. The molecule has 1 fully saturated rings. The second-order valence-electron chi connectivity index (χ2n) is 5.31. The van der Waals surface area contributed by atoms with Crippen LogP contribution in [0.1, 0.15) is 19.8 Å². The molecule has 0 aromatic heterocycles. The van der Waals surface area contributed by atoms with Crippen molar-refractivity contribution >= 4 is 17.3 Å². The Morgan fingerprint density at radius 2 is 1.95 bits per heavy atom. The van der Waals surface area contributed by atoms with E-state index in [1.165, 1.54) is 11.8 Å². The van der Waals surface area contributed by atoms with Gasteiger partial charge in [0.05, 0.1) is 12.6 Å². The molecule has 0 heterocycles. The van der Waals surface area contributed by atoms with Gasteiger partial charge >= 0.3 is 6.18 Å². The van der Waals surface area contributed by atoms with E-state index < -0.39 is 24.7 Å². The van der Waals surface area contributed by atoms with Crippen molar-refractivity contribution in [2.75, 3.05) is 17.6 Å². The topological polar surface area (TPSA) is 58.4 Å². The molecule has 0 radical (unpaired) electrons. The van der Waals surface area contributed by atoms with Crippen molar-refractivity contribution in [2.24, 2.45) is 0 Å². The second-order valence-corrected chi connectivity index (χ2v) is 5.31. The molecule has 1 aromatic carbocycles. The maximum atomic E-state index is 12.6. The molecule has 7 heteroatoms. The average molecular weight is 301 g/mol. The lowest BCUT2D eigenvalue weighted by molar-refractivity contribution is -0.154. The molecule has 116 valence electrons. The number of nitrogens with one attached hydrogen (secondary N) is 1. The van der Waals surface area contributed by atoms with Crippen molar-refractivity contribution in [3.63, 3.8) is 0 Å². The summed E-state index contributed by atoms with van der Waals surface area (Å²) in [6, 6.07) is 5.48. The summed E-state index contributed by atoms with van der Waals surface area (Å²) < 4.78 is 37.8. The normalized spacial score (nSPS) is 16.8. The lowest BCUT2D eigenvalue weighted by Gasteiger charge is -2.29. The molecule has 21 heavy (non-hydrogen) atoms.